The minimum atomic E-state index is -0.328. The summed E-state index contributed by atoms with van der Waals surface area (Å²) in [5.41, 5.74) is 0.221. The molecule has 3 N–H and O–H groups in total. The van der Waals surface area contributed by atoms with Crippen molar-refractivity contribution in [2.24, 2.45) is 0 Å². The molecule has 3 amide bonds. The predicted octanol–water partition coefficient (Wildman–Crippen LogP) is 0.837. The number of nitrogens with one attached hydrogen (secondary N) is 3. The summed E-state index contributed by atoms with van der Waals surface area (Å²) in [7, 11) is 0. The van der Waals surface area contributed by atoms with Crippen molar-refractivity contribution >= 4 is 17.7 Å². The maximum absolute atomic E-state index is 11.7. The van der Waals surface area contributed by atoms with Gasteiger partial charge in [-0.3, -0.25) is 14.4 Å². The summed E-state index contributed by atoms with van der Waals surface area (Å²) in [6, 6.07) is 8.77. The Morgan fingerprint density at radius 3 is 2.18 bits per heavy atom. The molecule has 120 valence electrons. The van der Waals surface area contributed by atoms with Gasteiger partial charge in [0.1, 0.15) is 0 Å². The Labute approximate surface area is 130 Å². The highest BCUT2D eigenvalue weighted by molar-refractivity contribution is 5.94. The van der Waals surface area contributed by atoms with E-state index in [1.165, 1.54) is 0 Å². The number of carbonyl (C=O) groups excluding carboxylic acids is 3. The lowest BCUT2D eigenvalue weighted by molar-refractivity contribution is -0.126. The van der Waals surface area contributed by atoms with Crippen LogP contribution in [0.4, 0.5) is 0 Å². The van der Waals surface area contributed by atoms with Gasteiger partial charge in [0, 0.05) is 24.1 Å². The molecule has 1 rings (SSSR count). The van der Waals surface area contributed by atoms with E-state index >= 15 is 0 Å². The normalized spacial score (nSPS) is 10.7. The van der Waals surface area contributed by atoms with Crippen molar-refractivity contribution < 1.29 is 14.4 Å². The fraction of sp³-hybridized carbons (Fsp3) is 0.438. The molecule has 0 aliphatic heterocycles. The van der Waals surface area contributed by atoms with E-state index in [2.05, 4.69) is 16.0 Å². The summed E-state index contributed by atoms with van der Waals surface area (Å²) in [6.45, 7) is 5.76. The van der Waals surface area contributed by atoms with Crippen molar-refractivity contribution in [2.75, 3.05) is 13.1 Å². The Bertz CT molecular complexity index is 521. The third kappa shape index (κ3) is 7.42. The zero-order valence-corrected chi connectivity index (χ0v) is 13.2. The first-order chi connectivity index (χ1) is 10.3. The highest BCUT2D eigenvalue weighted by atomic mass is 16.2. The van der Waals surface area contributed by atoms with E-state index in [4.69, 9.17) is 0 Å². The monoisotopic (exact) mass is 305 g/mol. The lowest BCUT2D eigenvalue weighted by Gasteiger charge is -2.20. The summed E-state index contributed by atoms with van der Waals surface area (Å²) in [6.07, 6.45) is 0.126. The number of hydrogen-bond acceptors (Lipinski definition) is 3. The van der Waals surface area contributed by atoms with Crippen LogP contribution < -0.4 is 16.0 Å². The SMILES string of the molecule is CC(C)(C)NC(=O)CNC(=O)CCNC(=O)c1ccccc1. The van der Waals surface area contributed by atoms with E-state index in [-0.39, 0.29) is 42.8 Å². The van der Waals surface area contributed by atoms with Crippen LogP contribution >= 0.6 is 0 Å². The van der Waals surface area contributed by atoms with Gasteiger partial charge < -0.3 is 16.0 Å². The van der Waals surface area contributed by atoms with Crippen molar-refractivity contribution in [1.29, 1.82) is 0 Å². The number of rotatable bonds is 6. The van der Waals surface area contributed by atoms with Crippen molar-refractivity contribution in [3.8, 4) is 0 Å². The van der Waals surface area contributed by atoms with Crippen molar-refractivity contribution in [1.82, 2.24) is 16.0 Å². The Kier molecular flexibility index (Phi) is 6.56. The molecule has 0 aromatic heterocycles. The van der Waals surface area contributed by atoms with Gasteiger partial charge in [-0.2, -0.15) is 0 Å². The average Bonchev–Trinajstić information content (AvgIpc) is 2.44. The minimum Gasteiger partial charge on any atom is -0.352 e. The molecule has 0 fully saturated rings. The average molecular weight is 305 g/mol. The first kappa shape index (κ1) is 17.7. The van der Waals surface area contributed by atoms with Gasteiger partial charge in [0.25, 0.3) is 5.91 Å². The van der Waals surface area contributed by atoms with Crippen LogP contribution in [-0.4, -0.2) is 36.3 Å². The quantitative estimate of drug-likeness (QED) is 0.728. The van der Waals surface area contributed by atoms with Gasteiger partial charge in [0.15, 0.2) is 0 Å². The molecule has 0 aliphatic rings. The maximum atomic E-state index is 11.7. The van der Waals surface area contributed by atoms with Crippen molar-refractivity contribution in [2.45, 2.75) is 32.7 Å². The molecule has 0 saturated carbocycles. The number of hydrogen-bond donors (Lipinski definition) is 3. The predicted molar refractivity (Wildman–Crippen MR) is 84.3 cm³/mol. The lowest BCUT2D eigenvalue weighted by Crippen LogP contribution is -2.46. The second-order valence-electron chi connectivity index (χ2n) is 5.95. The molecule has 6 nitrogen and oxygen atoms in total. The molecule has 6 heteroatoms. The minimum absolute atomic E-state index is 0.0667. The smallest absolute Gasteiger partial charge is 0.251 e. The third-order valence-electron chi connectivity index (χ3n) is 2.63. The van der Waals surface area contributed by atoms with E-state index in [0.29, 0.717) is 5.56 Å². The summed E-state index contributed by atoms with van der Waals surface area (Å²) >= 11 is 0. The Hall–Kier alpha value is -2.37. The van der Waals surface area contributed by atoms with Crippen molar-refractivity contribution in [3.05, 3.63) is 35.9 Å². The molecule has 0 atom stereocenters. The second-order valence-corrected chi connectivity index (χ2v) is 5.95. The van der Waals surface area contributed by atoms with Crippen molar-refractivity contribution in [3.63, 3.8) is 0 Å². The molecule has 0 bridgehead atoms. The Morgan fingerprint density at radius 1 is 0.955 bits per heavy atom. The van der Waals surface area contributed by atoms with E-state index in [9.17, 15) is 14.4 Å². The molecular weight excluding hydrogens is 282 g/mol. The number of benzene rings is 1. The number of carbonyl (C=O) groups is 3. The van der Waals surface area contributed by atoms with Crippen LogP contribution in [0.25, 0.3) is 0 Å². The van der Waals surface area contributed by atoms with Crippen LogP contribution in [0.1, 0.15) is 37.6 Å². The fourth-order valence-corrected chi connectivity index (χ4v) is 1.71. The first-order valence-corrected chi connectivity index (χ1v) is 7.19. The zero-order chi connectivity index (χ0) is 16.6. The topological polar surface area (TPSA) is 87.3 Å². The van der Waals surface area contributed by atoms with E-state index < -0.39 is 0 Å². The van der Waals surface area contributed by atoms with Crippen LogP contribution in [0.15, 0.2) is 30.3 Å². The third-order valence-corrected chi connectivity index (χ3v) is 2.63. The summed E-state index contributed by atoms with van der Waals surface area (Å²) in [5, 5.41) is 7.92. The Morgan fingerprint density at radius 2 is 1.59 bits per heavy atom. The van der Waals surface area contributed by atoms with Crippen LogP contribution in [0.5, 0.6) is 0 Å². The molecule has 0 spiro atoms. The van der Waals surface area contributed by atoms with Gasteiger partial charge >= 0.3 is 0 Å². The second kappa shape index (κ2) is 8.17. The highest BCUT2D eigenvalue weighted by Crippen LogP contribution is 1.98. The van der Waals surface area contributed by atoms with Crippen LogP contribution in [0.2, 0.25) is 0 Å². The molecule has 0 radical (unpaired) electrons. The summed E-state index contributed by atoms with van der Waals surface area (Å²) in [5.74, 6) is -0.745. The largest absolute Gasteiger partial charge is 0.352 e. The van der Waals surface area contributed by atoms with Crippen LogP contribution in [0.3, 0.4) is 0 Å². The van der Waals surface area contributed by atoms with Gasteiger partial charge in [0.05, 0.1) is 6.54 Å². The standard InChI is InChI=1S/C16H23N3O3/c1-16(2,3)19-14(21)11-18-13(20)9-10-17-15(22)12-7-5-4-6-8-12/h4-8H,9-11H2,1-3H3,(H,17,22)(H,18,20)(H,19,21). The van der Waals surface area contributed by atoms with Gasteiger partial charge in [-0.25, -0.2) is 0 Å². The molecule has 0 aliphatic carbocycles. The van der Waals surface area contributed by atoms with Gasteiger partial charge in [0.2, 0.25) is 11.8 Å². The molecule has 1 aromatic carbocycles. The molecular formula is C16H23N3O3. The van der Waals surface area contributed by atoms with E-state index in [1.807, 2.05) is 26.8 Å². The molecule has 22 heavy (non-hydrogen) atoms. The van der Waals surface area contributed by atoms with Crippen LogP contribution in [0, 0.1) is 0 Å². The lowest BCUT2D eigenvalue weighted by atomic mass is 10.1. The molecule has 1 aromatic rings. The maximum Gasteiger partial charge on any atom is 0.251 e. The molecule has 0 unspecified atom stereocenters. The summed E-state index contributed by atoms with van der Waals surface area (Å²) < 4.78 is 0. The fourth-order valence-electron chi connectivity index (χ4n) is 1.71. The van der Waals surface area contributed by atoms with E-state index in [1.54, 1.807) is 24.3 Å². The first-order valence-electron chi connectivity index (χ1n) is 7.19. The summed E-state index contributed by atoms with van der Waals surface area (Å²) in [4.78, 5) is 34.9. The van der Waals surface area contributed by atoms with E-state index in [0.717, 1.165) is 0 Å². The number of amides is 3. The van der Waals surface area contributed by atoms with Gasteiger partial charge in [-0.05, 0) is 32.9 Å². The van der Waals surface area contributed by atoms with Gasteiger partial charge in [-0.15, -0.1) is 0 Å². The van der Waals surface area contributed by atoms with Crippen LogP contribution in [-0.2, 0) is 9.59 Å². The van der Waals surface area contributed by atoms with Gasteiger partial charge in [-0.1, -0.05) is 18.2 Å². The zero-order valence-electron chi connectivity index (χ0n) is 13.2. The highest BCUT2D eigenvalue weighted by Gasteiger charge is 2.14. The molecule has 0 saturated heterocycles. The Balaban J connectivity index is 2.21. The molecule has 0 heterocycles.